The van der Waals surface area contributed by atoms with Gasteiger partial charge in [-0.05, 0) is 0 Å². The molecule has 1 saturated heterocycles. The molecule has 15 heteroatoms. The molecule has 3 atom stereocenters. The van der Waals surface area contributed by atoms with Crippen LogP contribution in [0.15, 0.2) is 170 Å². The molecule has 1 aliphatic rings. The standard InChI is InChI=1S/C49H45N4O9PS/c1-49(34-64,38-20-6-2-7-21-38)45-42(30-31-50-47(55)61-32-36-18-14-16-28-43(36)52(57)58)46(54)51(45)35-63(39-22-8-3-9-23-39,40-24-10-4-11-25-40,41-26-12-5-13-27-41)48(56)62-33-37-19-15-17-29-44(37)53(59)60/h2-29,34,42,45H,30-33,35H2,1H3,(H,50,55). The van der Waals surface area contributed by atoms with E-state index in [2.05, 4.69) is 5.32 Å². The Morgan fingerprint density at radius 1 is 0.688 bits per heavy atom. The predicted molar refractivity (Wildman–Crippen MR) is 251 cm³/mol. The van der Waals surface area contributed by atoms with E-state index < -0.39 is 52.2 Å². The third kappa shape index (κ3) is 8.13. The number of carbonyl (C=O) groups is 3. The Labute approximate surface area is 375 Å². The fourth-order valence-corrected chi connectivity index (χ4v) is 15.1. The van der Waals surface area contributed by atoms with Crippen LogP contribution in [-0.2, 0) is 32.9 Å². The number of amides is 2. The first-order valence-electron chi connectivity index (χ1n) is 20.5. The van der Waals surface area contributed by atoms with Gasteiger partial charge in [0.1, 0.15) is 0 Å². The van der Waals surface area contributed by atoms with Crippen LogP contribution in [0.4, 0.5) is 21.0 Å². The van der Waals surface area contributed by atoms with Crippen molar-refractivity contribution >= 4 is 69.2 Å². The number of rotatable bonds is 18. The summed E-state index contributed by atoms with van der Waals surface area (Å²) < 4.78 is 11.8. The Balaban J connectivity index is 1.33. The first kappa shape index (κ1) is 44.9. The number of alkyl carbamates (subject to hydrolysis) is 1. The average molecular weight is 897 g/mol. The zero-order chi connectivity index (χ0) is 45.3. The Bertz CT molecular complexity index is 2580. The van der Waals surface area contributed by atoms with Crippen LogP contribution < -0.4 is 21.2 Å². The van der Waals surface area contributed by atoms with E-state index >= 15 is 9.59 Å². The molecular formula is C49H45N4O9PS. The summed E-state index contributed by atoms with van der Waals surface area (Å²) in [5, 5.41) is 29.8. The number of nitro groups is 2. The minimum atomic E-state index is -4.78. The van der Waals surface area contributed by atoms with Gasteiger partial charge in [0.25, 0.3) is 0 Å². The van der Waals surface area contributed by atoms with E-state index in [0.29, 0.717) is 15.9 Å². The molecule has 6 aromatic carbocycles. The molecule has 0 aliphatic carbocycles. The van der Waals surface area contributed by atoms with Crippen molar-refractivity contribution in [2.24, 2.45) is 5.92 Å². The van der Waals surface area contributed by atoms with Crippen molar-refractivity contribution in [2.45, 2.75) is 38.0 Å². The molecule has 2 amide bonds. The molecule has 0 radical (unpaired) electrons. The third-order valence-corrected chi connectivity index (χ3v) is 18.8. The van der Waals surface area contributed by atoms with Gasteiger partial charge in [0, 0.05) is 6.07 Å². The number of nitrogens with zero attached hydrogens (tertiary/aromatic N) is 3. The van der Waals surface area contributed by atoms with Gasteiger partial charge in [0.15, 0.2) is 0 Å². The number of likely N-dealkylation sites (tertiary alicyclic amines) is 1. The predicted octanol–water partition coefficient (Wildman–Crippen LogP) is 8.73. The van der Waals surface area contributed by atoms with Gasteiger partial charge in [0.2, 0.25) is 0 Å². The van der Waals surface area contributed by atoms with Crippen LogP contribution >= 0.6 is 18.8 Å². The number of nitrogens with one attached hydrogen (secondary N) is 1. The zero-order valence-corrected chi connectivity index (χ0v) is 36.5. The number of para-hydroxylation sites is 2. The SMILES string of the molecule is CC(C=S)(c1ccccc1)C1C(CCNC(=O)OCc2ccccc2[N+](=O)[O-])C(=O)N1CP(C(=O)OCc1ccccc1[N+](=O)[O-])(c1ccccc1)(c1ccccc1)c1ccccc1. The van der Waals surface area contributed by atoms with Gasteiger partial charge in [-0.15, -0.1) is 0 Å². The summed E-state index contributed by atoms with van der Waals surface area (Å²) in [6.07, 6.45) is -0.815. The quantitative estimate of drug-likeness (QED) is 0.0289. The summed E-state index contributed by atoms with van der Waals surface area (Å²) in [4.78, 5) is 68.5. The van der Waals surface area contributed by atoms with Crippen LogP contribution in [0.3, 0.4) is 0 Å². The van der Waals surface area contributed by atoms with Gasteiger partial charge in [-0.25, -0.2) is 0 Å². The molecule has 64 heavy (non-hydrogen) atoms. The molecule has 3 unspecified atom stereocenters. The van der Waals surface area contributed by atoms with E-state index in [0.717, 1.165) is 5.56 Å². The Hall–Kier alpha value is -7.15. The summed E-state index contributed by atoms with van der Waals surface area (Å²) >= 11 is 5.85. The Kier molecular flexibility index (Phi) is 13.4. The van der Waals surface area contributed by atoms with Gasteiger partial charge in [0.05, 0.1) is 4.92 Å². The molecule has 0 saturated carbocycles. The van der Waals surface area contributed by atoms with Crippen molar-refractivity contribution in [2.75, 3.05) is 12.8 Å². The van der Waals surface area contributed by atoms with E-state index in [9.17, 15) is 25.0 Å². The maximum absolute atomic E-state index is 16.1. The van der Waals surface area contributed by atoms with Crippen molar-refractivity contribution in [3.05, 3.63) is 207 Å². The van der Waals surface area contributed by atoms with Crippen LogP contribution in [-0.4, -0.2) is 56.7 Å². The topological polar surface area (TPSA) is 171 Å². The van der Waals surface area contributed by atoms with E-state index in [-0.39, 0.29) is 54.3 Å². The molecule has 0 spiro atoms. The zero-order valence-electron chi connectivity index (χ0n) is 34.8. The van der Waals surface area contributed by atoms with Crippen molar-refractivity contribution in [3.63, 3.8) is 0 Å². The van der Waals surface area contributed by atoms with Crippen molar-refractivity contribution < 1.29 is 33.7 Å². The molecular weight excluding hydrogens is 852 g/mol. The summed E-state index contributed by atoms with van der Waals surface area (Å²) in [5.41, 5.74) is -0.737. The number of hydrogen-bond acceptors (Lipinski definition) is 10. The number of carbonyl (C=O) groups excluding carboxylic acids is 3. The second-order valence-electron chi connectivity index (χ2n) is 15.7. The number of thiocarbonyl (C=S) groups is 1. The molecule has 1 fully saturated rings. The van der Waals surface area contributed by atoms with Crippen molar-refractivity contribution in [3.8, 4) is 0 Å². The van der Waals surface area contributed by atoms with Crippen LogP contribution in [0.1, 0.15) is 30.0 Å². The first-order chi connectivity index (χ1) is 31.0. The fraction of sp³-hybridized carbons (Fsp3) is 0.184. The van der Waals surface area contributed by atoms with E-state index in [1.807, 2.05) is 128 Å². The molecule has 6 aromatic rings. The molecule has 326 valence electrons. The first-order valence-corrected chi connectivity index (χ1v) is 23.4. The van der Waals surface area contributed by atoms with Crippen LogP contribution in [0.5, 0.6) is 0 Å². The number of hydrogen-bond donors (Lipinski definition) is 1. The monoisotopic (exact) mass is 896 g/mol. The summed E-state index contributed by atoms with van der Waals surface area (Å²) in [6.45, 7) is -3.57. The van der Waals surface area contributed by atoms with E-state index in [4.69, 9.17) is 21.7 Å². The van der Waals surface area contributed by atoms with Gasteiger partial charge >= 0.3 is 343 Å². The minimum absolute atomic E-state index is 0.0102. The van der Waals surface area contributed by atoms with Crippen molar-refractivity contribution in [1.82, 2.24) is 10.2 Å². The average Bonchev–Trinajstić information content (AvgIpc) is 3.34. The Morgan fingerprint density at radius 2 is 1.11 bits per heavy atom. The number of β-lactam (4-membered cyclic amide) rings is 1. The summed E-state index contributed by atoms with van der Waals surface area (Å²) in [7, 11) is 0. The van der Waals surface area contributed by atoms with E-state index in [1.54, 1.807) is 34.5 Å². The van der Waals surface area contributed by atoms with Crippen molar-refractivity contribution in [1.29, 1.82) is 0 Å². The fourth-order valence-electron chi connectivity index (χ4n) is 8.98. The van der Waals surface area contributed by atoms with Gasteiger partial charge in [-0.3, -0.25) is 10.1 Å². The third-order valence-electron chi connectivity index (χ3n) is 12.2. The Morgan fingerprint density at radius 3 is 1.56 bits per heavy atom. The summed E-state index contributed by atoms with van der Waals surface area (Å²) in [5.74, 6) is -1.00. The number of ether oxygens (including phenoxy) is 2. The van der Waals surface area contributed by atoms with Crippen LogP contribution in [0.2, 0.25) is 0 Å². The molecule has 1 aliphatic heterocycles. The molecule has 7 rings (SSSR count). The molecule has 1 heterocycles. The maximum atomic E-state index is 16.1. The second kappa shape index (κ2) is 19.1. The van der Waals surface area contributed by atoms with Gasteiger partial charge in [-0.2, -0.15) is 0 Å². The van der Waals surface area contributed by atoms with Gasteiger partial charge in [-0.1, -0.05) is 12.1 Å². The number of nitro benzene ring substituents is 2. The van der Waals surface area contributed by atoms with Crippen LogP contribution in [0.25, 0.3) is 0 Å². The summed E-state index contributed by atoms with van der Waals surface area (Å²) in [6, 6.07) is 48.7. The van der Waals surface area contributed by atoms with Crippen LogP contribution in [0, 0.1) is 26.1 Å². The van der Waals surface area contributed by atoms with E-state index in [1.165, 1.54) is 24.3 Å². The normalized spacial score (nSPS) is 16.2. The molecule has 13 nitrogen and oxygen atoms in total. The molecule has 1 N–H and O–H groups in total. The molecule has 0 aromatic heterocycles. The molecule has 0 bridgehead atoms. The van der Waals surface area contributed by atoms with Gasteiger partial charge < -0.3 is 0 Å². The second-order valence-corrected chi connectivity index (χ2v) is 20.7. The number of benzene rings is 6.